The molecule has 0 aliphatic heterocycles. The Kier molecular flexibility index (Phi) is 9.95. The third-order valence-electron chi connectivity index (χ3n) is 5.88. The van der Waals surface area contributed by atoms with Crippen LogP contribution in [0.4, 0.5) is 5.69 Å². The summed E-state index contributed by atoms with van der Waals surface area (Å²) in [5.74, 6) is 1.04. The first-order chi connectivity index (χ1) is 19.9. The van der Waals surface area contributed by atoms with Gasteiger partial charge in [-0.1, -0.05) is 48.5 Å². The van der Waals surface area contributed by atoms with Gasteiger partial charge in [0.2, 0.25) is 0 Å². The monoisotopic (exact) mass is 573 g/mol. The van der Waals surface area contributed by atoms with E-state index in [9.17, 15) is 13.2 Å². The minimum absolute atomic E-state index is 0.0619. The maximum Gasteiger partial charge on any atom is 0.264 e. The number of hydrogen-bond donors (Lipinski definition) is 1. The number of rotatable bonds is 13. The van der Waals surface area contributed by atoms with Crippen molar-refractivity contribution in [2.24, 2.45) is 5.10 Å². The molecule has 0 aromatic heterocycles. The lowest BCUT2D eigenvalue weighted by atomic mass is 10.2. The Labute approximate surface area is 240 Å². The molecule has 0 spiro atoms. The van der Waals surface area contributed by atoms with Gasteiger partial charge in [0.05, 0.1) is 30.5 Å². The van der Waals surface area contributed by atoms with Crippen LogP contribution in [0.5, 0.6) is 17.2 Å². The van der Waals surface area contributed by atoms with Gasteiger partial charge in [0.1, 0.15) is 18.9 Å². The smallest absolute Gasteiger partial charge is 0.264 e. The van der Waals surface area contributed by atoms with Crippen molar-refractivity contribution in [3.63, 3.8) is 0 Å². The molecule has 4 aromatic rings. The average molecular weight is 574 g/mol. The number of sulfonamides is 1. The SMILES string of the molecule is CCOc1ccc(N(CC(=O)N/N=C\c2ccc(OCc3ccccc3)c(OC)c2)S(=O)(=O)c2ccccc2)cc1. The minimum Gasteiger partial charge on any atom is -0.494 e. The molecule has 10 heteroatoms. The Morgan fingerprint density at radius 1 is 0.878 bits per heavy atom. The number of anilines is 1. The molecular weight excluding hydrogens is 542 g/mol. The first-order valence-corrected chi connectivity index (χ1v) is 14.3. The average Bonchev–Trinajstić information content (AvgIpc) is 3.00. The minimum atomic E-state index is -4.04. The Hall–Kier alpha value is -4.83. The van der Waals surface area contributed by atoms with Crippen LogP contribution in [-0.2, 0) is 21.4 Å². The molecular formula is C31H31N3O6S. The van der Waals surface area contributed by atoms with Crippen molar-refractivity contribution in [1.29, 1.82) is 0 Å². The second-order valence-corrected chi connectivity index (χ2v) is 10.6. The molecule has 4 rings (SSSR count). The highest BCUT2D eigenvalue weighted by atomic mass is 32.2. The van der Waals surface area contributed by atoms with Gasteiger partial charge in [-0.15, -0.1) is 0 Å². The summed E-state index contributed by atoms with van der Waals surface area (Å²) >= 11 is 0. The number of carbonyl (C=O) groups is 1. The zero-order chi connectivity index (χ0) is 29.1. The van der Waals surface area contributed by atoms with Crippen molar-refractivity contribution in [2.75, 3.05) is 24.6 Å². The molecule has 212 valence electrons. The summed E-state index contributed by atoms with van der Waals surface area (Å²) in [6.45, 7) is 2.23. The van der Waals surface area contributed by atoms with Gasteiger partial charge < -0.3 is 14.2 Å². The van der Waals surface area contributed by atoms with Crippen LogP contribution in [0.2, 0.25) is 0 Å². The van der Waals surface area contributed by atoms with Gasteiger partial charge in [-0.2, -0.15) is 5.10 Å². The maximum absolute atomic E-state index is 13.5. The van der Waals surface area contributed by atoms with Crippen molar-refractivity contribution in [1.82, 2.24) is 5.43 Å². The van der Waals surface area contributed by atoms with Crippen molar-refractivity contribution >= 4 is 27.8 Å². The number of methoxy groups -OCH3 is 1. The highest BCUT2D eigenvalue weighted by molar-refractivity contribution is 7.92. The fourth-order valence-corrected chi connectivity index (χ4v) is 5.32. The van der Waals surface area contributed by atoms with E-state index in [2.05, 4.69) is 10.5 Å². The molecule has 0 atom stereocenters. The maximum atomic E-state index is 13.5. The third kappa shape index (κ3) is 7.86. The molecule has 1 amide bonds. The summed E-state index contributed by atoms with van der Waals surface area (Å²) in [5, 5.41) is 4.02. The largest absolute Gasteiger partial charge is 0.494 e. The van der Waals surface area contributed by atoms with Crippen molar-refractivity contribution < 1.29 is 27.4 Å². The zero-order valence-electron chi connectivity index (χ0n) is 22.8. The van der Waals surface area contributed by atoms with Crippen LogP contribution in [0.15, 0.2) is 113 Å². The van der Waals surface area contributed by atoms with Crippen molar-refractivity contribution in [3.05, 3.63) is 114 Å². The van der Waals surface area contributed by atoms with Gasteiger partial charge in [0.25, 0.3) is 15.9 Å². The lowest BCUT2D eigenvalue weighted by Crippen LogP contribution is -2.39. The Morgan fingerprint density at radius 2 is 1.56 bits per heavy atom. The standard InChI is InChI=1S/C31H31N3O6S/c1-3-39-27-17-15-26(16-18-27)34(41(36,37)28-12-8-5-9-13-28)22-31(35)33-32-21-25-14-19-29(30(20-25)38-2)40-23-24-10-6-4-7-11-24/h4-21H,3,22-23H2,1-2H3,(H,33,35)/b32-21-. The number of hydrogen-bond acceptors (Lipinski definition) is 7. The molecule has 0 saturated heterocycles. The van der Waals surface area contributed by atoms with E-state index in [0.29, 0.717) is 41.7 Å². The quantitative estimate of drug-likeness (QED) is 0.178. The van der Waals surface area contributed by atoms with E-state index in [4.69, 9.17) is 14.2 Å². The van der Waals surface area contributed by atoms with Crippen LogP contribution in [0.25, 0.3) is 0 Å². The summed E-state index contributed by atoms with van der Waals surface area (Å²) in [6, 6.07) is 29.4. The van der Waals surface area contributed by atoms with Crippen LogP contribution in [0.1, 0.15) is 18.1 Å². The van der Waals surface area contributed by atoms with E-state index >= 15 is 0 Å². The van der Waals surface area contributed by atoms with E-state index in [0.717, 1.165) is 9.87 Å². The highest BCUT2D eigenvalue weighted by Gasteiger charge is 2.27. The number of nitrogens with one attached hydrogen (secondary N) is 1. The number of carbonyl (C=O) groups excluding carboxylic acids is 1. The molecule has 0 aliphatic carbocycles. The van der Waals surface area contributed by atoms with E-state index < -0.39 is 22.5 Å². The molecule has 0 bridgehead atoms. The molecule has 0 fully saturated rings. The molecule has 0 unspecified atom stereocenters. The van der Waals surface area contributed by atoms with E-state index in [1.165, 1.54) is 25.5 Å². The summed E-state index contributed by atoms with van der Waals surface area (Å²) in [5.41, 5.74) is 4.40. The fraction of sp³-hybridized carbons (Fsp3) is 0.161. The normalized spacial score (nSPS) is 11.2. The molecule has 0 aliphatic rings. The number of hydrazone groups is 1. The summed E-state index contributed by atoms with van der Waals surface area (Å²) in [4.78, 5) is 12.9. The van der Waals surface area contributed by atoms with Crippen molar-refractivity contribution in [2.45, 2.75) is 18.4 Å². The van der Waals surface area contributed by atoms with Gasteiger partial charge in [-0.05, 0) is 72.6 Å². The fourth-order valence-electron chi connectivity index (χ4n) is 3.87. The summed E-state index contributed by atoms with van der Waals surface area (Å²) in [6.07, 6.45) is 1.44. The molecule has 1 N–H and O–H groups in total. The first-order valence-electron chi connectivity index (χ1n) is 12.9. The van der Waals surface area contributed by atoms with Crippen LogP contribution in [0, 0.1) is 0 Å². The predicted molar refractivity (Wildman–Crippen MR) is 158 cm³/mol. The van der Waals surface area contributed by atoms with E-state index in [-0.39, 0.29) is 4.90 Å². The lowest BCUT2D eigenvalue weighted by Gasteiger charge is -2.24. The topological polar surface area (TPSA) is 107 Å². The molecule has 0 radical (unpaired) electrons. The second-order valence-electron chi connectivity index (χ2n) is 8.73. The molecule has 9 nitrogen and oxygen atoms in total. The van der Waals surface area contributed by atoms with Crippen LogP contribution in [-0.4, -0.2) is 40.8 Å². The Bertz CT molecular complexity index is 1560. The molecule has 0 heterocycles. The Morgan fingerprint density at radius 3 is 2.22 bits per heavy atom. The second kappa shape index (κ2) is 14.0. The molecule has 4 aromatic carbocycles. The van der Waals surface area contributed by atoms with Gasteiger partial charge >= 0.3 is 0 Å². The zero-order valence-corrected chi connectivity index (χ0v) is 23.6. The van der Waals surface area contributed by atoms with Crippen LogP contribution >= 0.6 is 0 Å². The third-order valence-corrected chi connectivity index (χ3v) is 7.67. The Balaban J connectivity index is 1.45. The predicted octanol–water partition coefficient (Wildman–Crippen LogP) is 5.02. The summed E-state index contributed by atoms with van der Waals surface area (Å²) < 4.78 is 44.8. The van der Waals surface area contributed by atoms with Crippen LogP contribution < -0.4 is 23.9 Å². The van der Waals surface area contributed by atoms with Gasteiger partial charge in [0.15, 0.2) is 11.5 Å². The molecule has 0 saturated carbocycles. The summed E-state index contributed by atoms with van der Waals surface area (Å²) in [7, 11) is -2.50. The number of nitrogens with zero attached hydrogens (tertiary/aromatic N) is 2. The number of ether oxygens (including phenoxy) is 3. The van der Waals surface area contributed by atoms with Gasteiger partial charge in [0, 0.05) is 0 Å². The van der Waals surface area contributed by atoms with Crippen molar-refractivity contribution in [3.8, 4) is 17.2 Å². The first kappa shape index (κ1) is 29.2. The molecule has 41 heavy (non-hydrogen) atoms. The highest BCUT2D eigenvalue weighted by Crippen LogP contribution is 2.29. The number of amides is 1. The van der Waals surface area contributed by atoms with Gasteiger partial charge in [-0.3, -0.25) is 9.10 Å². The van der Waals surface area contributed by atoms with Crippen LogP contribution in [0.3, 0.4) is 0 Å². The van der Waals surface area contributed by atoms with E-state index in [1.54, 1.807) is 60.7 Å². The number of benzene rings is 4. The lowest BCUT2D eigenvalue weighted by molar-refractivity contribution is -0.119. The van der Waals surface area contributed by atoms with Gasteiger partial charge in [-0.25, -0.2) is 13.8 Å². The van der Waals surface area contributed by atoms with E-state index in [1.807, 2.05) is 37.3 Å².